The van der Waals surface area contributed by atoms with Crippen LogP contribution in [0.1, 0.15) is 26.3 Å². The molecule has 0 heterocycles. The van der Waals surface area contributed by atoms with E-state index in [1.54, 1.807) is 33.8 Å². The molecule has 3 N–H and O–H groups in total. The molecule has 0 amide bonds. The minimum atomic E-state index is -3.65. The van der Waals surface area contributed by atoms with Crippen molar-refractivity contribution in [1.29, 1.82) is 0 Å². The van der Waals surface area contributed by atoms with E-state index in [0.29, 0.717) is 11.4 Å². The number of nitrogens with two attached hydrogens (primary N) is 1. The number of sulfonamides is 1. The standard InChI is InChI=1S/C12H20N2O3S/c1-8-6-10(17-5)11(7-9(8)13)18(15,16)14-12(2,3)4/h6-7,14H,13H2,1-5H3. The van der Waals surface area contributed by atoms with Crippen LogP contribution in [0.2, 0.25) is 0 Å². The fourth-order valence-corrected chi connectivity index (χ4v) is 3.11. The highest BCUT2D eigenvalue weighted by Gasteiger charge is 2.25. The Bertz CT molecular complexity index is 545. The zero-order valence-corrected chi connectivity index (χ0v) is 12.2. The number of nitrogens with one attached hydrogen (secondary N) is 1. The van der Waals surface area contributed by atoms with Gasteiger partial charge >= 0.3 is 0 Å². The number of benzene rings is 1. The zero-order valence-electron chi connectivity index (χ0n) is 11.4. The highest BCUT2D eigenvalue weighted by molar-refractivity contribution is 7.89. The average molecular weight is 272 g/mol. The lowest BCUT2D eigenvalue weighted by Crippen LogP contribution is -2.40. The quantitative estimate of drug-likeness (QED) is 0.820. The Morgan fingerprint density at radius 3 is 2.28 bits per heavy atom. The van der Waals surface area contributed by atoms with E-state index in [1.807, 2.05) is 0 Å². The van der Waals surface area contributed by atoms with Crippen molar-refractivity contribution < 1.29 is 13.2 Å². The number of nitrogen functional groups attached to an aromatic ring is 1. The fraction of sp³-hybridized carbons (Fsp3) is 0.500. The molecular weight excluding hydrogens is 252 g/mol. The number of methoxy groups -OCH3 is 1. The van der Waals surface area contributed by atoms with E-state index in [2.05, 4.69) is 4.72 Å². The Morgan fingerprint density at radius 2 is 1.83 bits per heavy atom. The Hall–Kier alpha value is -1.27. The number of ether oxygens (including phenoxy) is 1. The summed E-state index contributed by atoms with van der Waals surface area (Å²) in [4.78, 5) is 0.0584. The number of aryl methyl sites for hydroxylation is 1. The molecule has 0 aliphatic rings. The summed E-state index contributed by atoms with van der Waals surface area (Å²) in [5.41, 5.74) is 6.39. The van der Waals surface area contributed by atoms with Crippen molar-refractivity contribution in [2.45, 2.75) is 38.1 Å². The van der Waals surface area contributed by atoms with Crippen molar-refractivity contribution in [2.24, 2.45) is 0 Å². The largest absolute Gasteiger partial charge is 0.495 e. The minimum absolute atomic E-state index is 0.0584. The predicted octanol–water partition coefficient (Wildman–Crippen LogP) is 1.66. The second kappa shape index (κ2) is 4.78. The van der Waals surface area contributed by atoms with Crippen molar-refractivity contribution in [3.8, 4) is 5.75 Å². The first-order valence-corrected chi connectivity index (χ1v) is 7.03. The van der Waals surface area contributed by atoms with E-state index < -0.39 is 15.6 Å². The van der Waals surface area contributed by atoms with E-state index in [1.165, 1.54) is 13.2 Å². The highest BCUT2D eigenvalue weighted by atomic mass is 32.2. The number of hydrogen-bond donors (Lipinski definition) is 2. The Kier molecular flexibility index (Phi) is 3.92. The molecule has 0 saturated heterocycles. The molecule has 0 fully saturated rings. The highest BCUT2D eigenvalue weighted by Crippen LogP contribution is 2.29. The van der Waals surface area contributed by atoms with Gasteiger partial charge in [-0.2, -0.15) is 0 Å². The van der Waals surface area contributed by atoms with Crippen LogP contribution in [0, 0.1) is 6.92 Å². The topological polar surface area (TPSA) is 81.4 Å². The molecule has 102 valence electrons. The Morgan fingerprint density at radius 1 is 1.28 bits per heavy atom. The summed E-state index contributed by atoms with van der Waals surface area (Å²) >= 11 is 0. The SMILES string of the molecule is COc1cc(C)c(N)cc1S(=O)(=O)NC(C)(C)C. The lowest BCUT2D eigenvalue weighted by Gasteiger charge is -2.21. The molecular formula is C12H20N2O3S. The van der Waals surface area contributed by atoms with Crippen LogP contribution in [0.15, 0.2) is 17.0 Å². The van der Waals surface area contributed by atoms with Gasteiger partial charge in [0.05, 0.1) is 7.11 Å². The molecule has 0 spiro atoms. The van der Waals surface area contributed by atoms with E-state index in [-0.39, 0.29) is 4.90 Å². The maximum atomic E-state index is 12.2. The Labute approximate surface area is 108 Å². The molecule has 5 nitrogen and oxygen atoms in total. The van der Waals surface area contributed by atoms with Gasteiger partial charge < -0.3 is 10.5 Å². The first kappa shape index (κ1) is 14.8. The maximum absolute atomic E-state index is 12.2. The lowest BCUT2D eigenvalue weighted by molar-refractivity contribution is 0.401. The van der Waals surface area contributed by atoms with E-state index in [9.17, 15) is 8.42 Å². The predicted molar refractivity (Wildman–Crippen MR) is 72.2 cm³/mol. The van der Waals surface area contributed by atoms with E-state index >= 15 is 0 Å². The fourth-order valence-electron chi connectivity index (χ4n) is 1.50. The molecule has 1 aromatic rings. The van der Waals surface area contributed by atoms with Crippen molar-refractivity contribution in [2.75, 3.05) is 12.8 Å². The normalized spacial score (nSPS) is 12.5. The van der Waals surface area contributed by atoms with Gasteiger partial charge in [0.15, 0.2) is 0 Å². The second-order valence-corrected chi connectivity index (χ2v) is 6.87. The third-order valence-electron chi connectivity index (χ3n) is 2.28. The first-order valence-electron chi connectivity index (χ1n) is 5.55. The minimum Gasteiger partial charge on any atom is -0.495 e. The van der Waals surface area contributed by atoms with Gasteiger partial charge in [0, 0.05) is 11.2 Å². The first-order chi connectivity index (χ1) is 8.07. The maximum Gasteiger partial charge on any atom is 0.244 e. The summed E-state index contributed by atoms with van der Waals surface area (Å²) in [6.07, 6.45) is 0. The summed E-state index contributed by atoms with van der Waals surface area (Å²) in [6, 6.07) is 3.04. The Balaban J connectivity index is 3.36. The van der Waals surface area contributed by atoms with Crippen LogP contribution in [-0.4, -0.2) is 21.1 Å². The summed E-state index contributed by atoms with van der Waals surface area (Å²) in [5.74, 6) is 0.290. The van der Waals surface area contributed by atoms with Crippen LogP contribution >= 0.6 is 0 Å². The van der Waals surface area contributed by atoms with Crippen LogP contribution < -0.4 is 15.2 Å². The van der Waals surface area contributed by atoms with Crippen molar-refractivity contribution in [3.05, 3.63) is 17.7 Å². The monoisotopic (exact) mass is 272 g/mol. The molecule has 0 bridgehead atoms. The second-order valence-electron chi connectivity index (χ2n) is 5.22. The van der Waals surface area contributed by atoms with Gasteiger partial charge in [-0.25, -0.2) is 13.1 Å². The van der Waals surface area contributed by atoms with Crippen LogP contribution in [0.25, 0.3) is 0 Å². The number of rotatable bonds is 3. The van der Waals surface area contributed by atoms with Gasteiger partial charge in [0.25, 0.3) is 0 Å². The number of anilines is 1. The molecule has 0 aliphatic heterocycles. The zero-order chi connectivity index (χ0) is 14.1. The van der Waals surface area contributed by atoms with Crippen LogP contribution in [0.4, 0.5) is 5.69 Å². The summed E-state index contributed by atoms with van der Waals surface area (Å²) < 4.78 is 32.2. The summed E-state index contributed by atoms with van der Waals surface area (Å²) in [6.45, 7) is 7.11. The third kappa shape index (κ3) is 3.36. The molecule has 6 heteroatoms. The smallest absolute Gasteiger partial charge is 0.244 e. The molecule has 18 heavy (non-hydrogen) atoms. The van der Waals surface area contributed by atoms with Gasteiger partial charge in [-0.15, -0.1) is 0 Å². The van der Waals surface area contributed by atoms with Crippen molar-refractivity contribution in [1.82, 2.24) is 4.72 Å². The van der Waals surface area contributed by atoms with Gasteiger partial charge in [-0.1, -0.05) is 0 Å². The molecule has 0 unspecified atom stereocenters. The van der Waals surface area contributed by atoms with Crippen molar-refractivity contribution >= 4 is 15.7 Å². The molecule has 0 aromatic heterocycles. The molecule has 0 aliphatic carbocycles. The summed E-state index contributed by atoms with van der Waals surface area (Å²) in [7, 11) is -2.22. The van der Waals surface area contributed by atoms with Crippen LogP contribution in [-0.2, 0) is 10.0 Å². The molecule has 0 atom stereocenters. The average Bonchev–Trinajstić information content (AvgIpc) is 2.17. The van der Waals surface area contributed by atoms with Crippen molar-refractivity contribution in [3.63, 3.8) is 0 Å². The van der Waals surface area contributed by atoms with Gasteiger partial charge in [0.2, 0.25) is 10.0 Å². The molecule has 1 aromatic carbocycles. The molecule has 0 saturated carbocycles. The van der Waals surface area contributed by atoms with Gasteiger partial charge in [-0.05, 0) is 45.4 Å². The van der Waals surface area contributed by atoms with Gasteiger partial charge in [0.1, 0.15) is 10.6 Å². The van der Waals surface area contributed by atoms with E-state index in [4.69, 9.17) is 10.5 Å². The summed E-state index contributed by atoms with van der Waals surface area (Å²) in [5, 5.41) is 0. The lowest BCUT2D eigenvalue weighted by atomic mass is 10.1. The van der Waals surface area contributed by atoms with Crippen LogP contribution in [0.3, 0.4) is 0 Å². The third-order valence-corrected chi connectivity index (χ3v) is 4.06. The van der Waals surface area contributed by atoms with E-state index in [0.717, 1.165) is 5.56 Å². The molecule has 0 radical (unpaired) electrons. The number of hydrogen-bond acceptors (Lipinski definition) is 4. The molecule has 1 rings (SSSR count). The van der Waals surface area contributed by atoms with Gasteiger partial charge in [-0.3, -0.25) is 0 Å². The van der Waals surface area contributed by atoms with Crippen LogP contribution in [0.5, 0.6) is 5.75 Å².